The number of urea groups is 1. The molecule has 0 bridgehead atoms. The Morgan fingerprint density at radius 2 is 1.63 bits per heavy atom. The van der Waals surface area contributed by atoms with Gasteiger partial charge in [0.15, 0.2) is 0 Å². The summed E-state index contributed by atoms with van der Waals surface area (Å²) in [5.41, 5.74) is 2.63. The second kappa shape index (κ2) is 9.14. The Morgan fingerprint density at radius 1 is 1.03 bits per heavy atom. The van der Waals surface area contributed by atoms with E-state index in [2.05, 4.69) is 0 Å². The largest absolute Gasteiger partial charge is 0.416 e. The van der Waals surface area contributed by atoms with E-state index in [1.165, 1.54) is 17.0 Å². The zero-order valence-corrected chi connectivity index (χ0v) is 16.0. The fourth-order valence-electron chi connectivity index (χ4n) is 3.05. The lowest BCUT2D eigenvalue weighted by molar-refractivity contribution is -0.137. The number of hydrogen-bond acceptors (Lipinski definition) is 4. The van der Waals surface area contributed by atoms with Crippen molar-refractivity contribution in [3.05, 3.63) is 65.2 Å². The summed E-state index contributed by atoms with van der Waals surface area (Å²) < 4.78 is 44.0. The van der Waals surface area contributed by atoms with E-state index in [1.807, 2.05) is 5.43 Å². The second-order valence-electron chi connectivity index (χ2n) is 6.68. The molecule has 3 rings (SSSR count). The Morgan fingerprint density at radius 3 is 2.17 bits per heavy atom. The molecular weight excluding hydrogens is 401 g/mol. The van der Waals surface area contributed by atoms with Crippen LogP contribution in [0.25, 0.3) is 0 Å². The summed E-state index contributed by atoms with van der Waals surface area (Å²) in [6.07, 6.45) is -4.46. The summed E-state index contributed by atoms with van der Waals surface area (Å²) in [6, 6.07) is 10.6. The van der Waals surface area contributed by atoms with Crippen LogP contribution in [-0.2, 0) is 17.5 Å². The molecule has 2 aromatic carbocycles. The summed E-state index contributed by atoms with van der Waals surface area (Å²) in [4.78, 5) is 27.7. The molecule has 1 saturated heterocycles. The predicted octanol–water partition coefficient (Wildman–Crippen LogP) is 2.77. The van der Waals surface area contributed by atoms with Crippen molar-refractivity contribution in [1.29, 1.82) is 0 Å². The number of hydrogen-bond donors (Lipinski definition) is 2. The van der Waals surface area contributed by atoms with Crippen molar-refractivity contribution < 1.29 is 27.5 Å². The highest BCUT2D eigenvalue weighted by Gasteiger charge is 2.31. The van der Waals surface area contributed by atoms with E-state index in [-0.39, 0.29) is 12.6 Å². The molecule has 0 unspecified atom stereocenters. The maximum atomic E-state index is 13.1. The minimum atomic E-state index is -4.46. The maximum absolute atomic E-state index is 13.1. The number of halogens is 3. The molecule has 1 heterocycles. The number of hydrazine groups is 1. The molecule has 0 aromatic heterocycles. The van der Waals surface area contributed by atoms with Crippen molar-refractivity contribution in [2.24, 2.45) is 5.84 Å². The Kier molecular flexibility index (Phi) is 6.58. The molecular formula is C20H21F3N4O3. The van der Waals surface area contributed by atoms with Crippen molar-refractivity contribution >= 4 is 17.6 Å². The summed E-state index contributed by atoms with van der Waals surface area (Å²) in [5.74, 6) is 4.66. The van der Waals surface area contributed by atoms with Crippen LogP contribution in [0.15, 0.2) is 48.5 Å². The molecule has 0 atom stereocenters. The molecule has 0 saturated carbocycles. The molecule has 160 valence electrons. The molecule has 10 heteroatoms. The van der Waals surface area contributed by atoms with Crippen LogP contribution in [0.4, 0.5) is 23.7 Å². The molecule has 7 nitrogen and oxygen atoms in total. The third kappa shape index (κ3) is 5.08. The van der Waals surface area contributed by atoms with Crippen LogP contribution in [0.5, 0.6) is 0 Å². The molecule has 1 fully saturated rings. The highest BCUT2D eigenvalue weighted by Crippen LogP contribution is 2.31. The first-order valence-electron chi connectivity index (χ1n) is 9.21. The van der Waals surface area contributed by atoms with Crippen molar-refractivity contribution in [2.45, 2.75) is 12.7 Å². The van der Waals surface area contributed by atoms with Crippen LogP contribution in [0.3, 0.4) is 0 Å². The van der Waals surface area contributed by atoms with Gasteiger partial charge in [-0.2, -0.15) is 13.2 Å². The number of amides is 3. The second-order valence-corrected chi connectivity index (χ2v) is 6.68. The van der Waals surface area contributed by atoms with Gasteiger partial charge in [0.25, 0.3) is 5.91 Å². The number of nitrogen functional groups attached to an aromatic ring is 1. The number of benzene rings is 2. The van der Waals surface area contributed by atoms with E-state index in [0.717, 1.165) is 12.1 Å². The van der Waals surface area contributed by atoms with Crippen LogP contribution in [0, 0.1) is 0 Å². The topological polar surface area (TPSA) is 87.9 Å². The first kappa shape index (κ1) is 21.6. The summed E-state index contributed by atoms with van der Waals surface area (Å²) in [5, 5.41) is 0. The molecule has 30 heavy (non-hydrogen) atoms. The van der Waals surface area contributed by atoms with Crippen LogP contribution in [0.2, 0.25) is 0 Å². The van der Waals surface area contributed by atoms with E-state index in [9.17, 15) is 22.8 Å². The number of ether oxygens (including phenoxy) is 1. The predicted molar refractivity (Wildman–Crippen MR) is 104 cm³/mol. The molecule has 0 radical (unpaired) electrons. The molecule has 0 spiro atoms. The zero-order valence-electron chi connectivity index (χ0n) is 16.0. The summed E-state index contributed by atoms with van der Waals surface area (Å²) >= 11 is 0. The SMILES string of the molecule is NNC(=O)c1ccc(CN(C(=O)N2CCOCC2)c2ccc(C(F)(F)F)cc2)cc1. The molecule has 2 aromatic rings. The fraction of sp³-hybridized carbons (Fsp3) is 0.300. The molecule has 3 amide bonds. The molecule has 0 aliphatic carbocycles. The van der Waals surface area contributed by atoms with E-state index >= 15 is 0 Å². The van der Waals surface area contributed by atoms with Gasteiger partial charge < -0.3 is 9.64 Å². The number of rotatable bonds is 4. The third-order valence-corrected chi connectivity index (χ3v) is 4.71. The Labute approximate surface area is 171 Å². The Bertz CT molecular complexity index is 880. The van der Waals surface area contributed by atoms with Gasteiger partial charge in [0.2, 0.25) is 0 Å². The number of nitrogens with two attached hydrogens (primary N) is 1. The quantitative estimate of drug-likeness (QED) is 0.451. The number of carbonyl (C=O) groups excluding carboxylic acids is 2. The standard InChI is InChI=1S/C20H21F3N4O3/c21-20(22,23)16-5-7-17(8-6-16)27(19(29)26-9-11-30-12-10-26)13-14-1-3-15(4-2-14)18(28)25-24/h1-8H,9-13,24H2,(H,25,28). The zero-order chi connectivity index (χ0) is 21.7. The van der Waals surface area contributed by atoms with Gasteiger partial charge in [-0.25, -0.2) is 10.6 Å². The Balaban J connectivity index is 1.87. The van der Waals surface area contributed by atoms with Crippen molar-refractivity contribution in [3.8, 4) is 0 Å². The number of carbonyl (C=O) groups is 2. The lowest BCUT2D eigenvalue weighted by Gasteiger charge is -2.33. The van der Waals surface area contributed by atoms with Crippen molar-refractivity contribution in [1.82, 2.24) is 10.3 Å². The summed E-state index contributed by atoms with van der Waals surface area (Å²) in [6.45, 7) is 1.70. The van der Waals surface area contributed by atoms with Crippen LogP contribution in [0.1, 0.15) is 21.5 Å². The number of nitrogens with zero attached hydrogens (tertiary/aromatic N) is 2. The molecule has 1 aliphatic rings. The van der Waals surface area contributed by atoms with E-state index in [1.54, 1.807) is 29.2 Å². The number of nitrogens with one attached hydrogen (secondary N) is 1. The minimum Gasteiger partial charge on any atom is -0.378 e. The van der Waals surface area contributed by atoms with Crippen LogP contribution >= 0.6 is 0 Å². The van der Waals surface area contributed by atoms with E-state index < -0.39 is 17.6 Å². The van der Waals surface area contributed by atoms with Crippen molar-refractivity contribution in [2.75, 3.05) is 31.2 Å². The van der Waals surface area contributed by atoms with Gasteiger partial charge in [-0.05, 0) is 42.0 Å². The minimum absolute atomic E-state index is 0.117. The monoisotopic (exact) mass is 422 g/mol. The van der Waals surface area contributed by atoms with E-state index in [0.29, 0.717) is 43.1 Å². The third-order valence-electron chi connectivity index (χ3n) is 4.71. The highest BCUT2D eigenvalue weighted by atomic mass is 19.4. The summed E-state index contributed by atoms with van der Waals surface area (Å²) in [7, 11) is 0. The first-order valence-corrected chi connectivity index (χ1v) is 9.21. The number of anilines is 1. The van der Waals surface area contributed by atoms with Gasteiger partial charge in [0, 0.05) is 24.3 Å². The van der Waals surface area contributed by atoms with Gasteiger partial charge in [0.1, 0.15) is 0 Å². The lowest BCUT2D eigenvalue weighted by atomic mass is 10.1. The van der Waals surface area contributed by atoms with E-state index in [4.69, 9.17) is 10.6 Å². The lowest BCUT2D eigenvalue weighted by Crippen LogP contribution is -2.48. The van der Waals surface area contributed by atoms with Gasteiger partial charge in [-0.15, -0.1) is 0 Å². The van der Waals surface area contributed by atoms with Gasteiger partial charge in [0.05, 0.1) is 25.3 Å². The Hall–Kier alpha value is -3.11. The normalized spacial score (nSPS) is 14.3. The van der Waals surface area contributed by atoms with Gasteiger partial charge >= 0.3 is 12.2 Å². The average molecular weight is 422 g/mol. The number of alkyl halides is 3. The van der Waals surface area contributed by atoms with Crippen molar-refractivity contribution in [3.63, 3.8) is 0 Å². The van der Waals surface area contributed by atoms with Gasteiger partial charge in [-0.1, -0.05) is 12.1 Å². The maximum Gasteiger partial charge on any atom is 0.416 e. The number of morpholine rings is 1. The molecule has 3 N–H and O–H groups in total. The smallest absolute Gasteiger partial charge is 0.378 e. The van der Waals surface area contributed by atoms with Crippen LogP contribution in [-0.4, -0.2) is 43.1 Å². The molecule has 1 aliphatic heterocycles. The highest BCUT2D eigenvalue weighted by molar-refractivity contribution is 5.94. The average Bonchev–Trinajstić information content (AvgIpc) is 2.77. The fourth-order valence-corrected chi connectivity index (χ4v) is 3.05. The first-order chi connectivity index (χ1) is 14.3. The van der Waals surface area contributed by atoms with Gasteiger partial charge in [-0.3, -0.25) is 15.1 Å². The van der Waals surface area contributed by atoms with Crippen LogP contribution < -0.4 is 16.2 Å².